The Morgan fingerprint density at radius 3 is 2.91 bits per heavy atom. The number of aromatic nitrogens is 4. The number of likely N-dealkylation sites (tertiary alicyclic amines) is 1. The van der Waals surface area contributed by atoms with Crippen molar-refractivity contribution < 1.29 is 9.59 Å². The maximum Gasteiger partial charge on any atom is 0.321 e. The first-order valence-corrected chi connectivity index (χ1v) is 11.7. The van der Waals surface area contributed by atoms with Crippen LogP contribution in [0.5, 0.6) is 0 Å². The van der Waals surface area contributed by atoms with Crippen LogP contribution in [0.25, 0.3) is 0 Å². The van der Waals surface area contributed by atoms with Crippen molar-refractivity contribution in [2.45, 2.75) is 25.8 Å². The van der Waals surface area contributed by atoms with Crippen LogP contribution in [0.3, 0.4) is 0 Å². The molecule has 0 bridgehead atoms. The van der Waals surface area contributed by atoms with Crippen molar-refractivity contribution in [2.24, 2.45) is 0 Å². The van der Waals surface area contributed by atoms with Crippen molar-refractivity contribution in [3.05, 3.63) is 53.2 Å². The number of nitrogens with zero attached hydrogens (tertiary/aromatic N) is 4. The van der Waals surface area contributed by atoms with E-state index in [0.29, 0.717) is 37.1 Å². The topological polar surface area (TPSA) is 140 Å². The van der Waals surface area contributed by atoms with Gasteiger partial charge in [-0.2, -0.15) is 4.98 Å². The lowest BCUT2D eigenvalue weighted by atomic mass is 10.2. The molecule has 11 nitrogen and oxygen atoms in total. The van der Waals surface area contributed by atoms with Gasteiger partial charge >= 0.3 is 6.03 Å². The monoisotopic (exact) mass is 527 g/mol. The Balaban J connectivity index is 1.34. The summed E-state index contributed by atoms with van der Waals surface area (Å²) in [7, 11) is 0. The van der Waals surface area contributed by atoms with Gasteiger partial charge in [0.2, 0.25) is 11.9 Å². The molecule has 0 saturated carbocycles. The van der Waals surface area contributed by atoms with Gasteiger partial charge in [-0.1, -0.05) is 6.07 Å². The number of halogens is 1. The number of aromatic amines is 1. The molecule has 3 heterocycles. The number of urea groups is 1. The number of carbonyl (C=O) groups excluding carboxylic acids is 2. The summed E-state index contributed by atoms with van der Waals surface area (Å²) in [6.07, 6.45) is 6.69. The first kappa shape index (κ1) is 23.5. The Kier molecular flexibility index (Phi) is 7.58. The lowest BCUT2D eigenvalue weighted by Crippen LogP contribution is -2.38. The number of H-pyrrole nitrogens is 1. The van der Waals surface area contributed by atoms with Crippen LogP contribution in [0.15, 0.2) is 47.5 Å². The maximum absolute atomic E-state index is 12.6. The summed E-state index contributed by atoms with van der Waals surface area (Å²) in [6.45, 7) is 3.24. The highest BCUT2D eigenvalue weighted by Gasteiger charge is 2.26. The summed E-state index contributed by atoms with van der Waals surface area (Å²) in [4.78, 5) is 41.6. The number of hydrogen-bond acceptors (Lipinski definition) is 7. The smallest absolute Gasteiger partial charge is 0.321 e. The number of benzene rings is 1. The molecule has 1 aliphatic heterocycles. The molecule has 3 amide bonds. The van der Waals surface area contributed by atoms with Gasteiger partial charge in [-0.25, -0.2) is 14.8 Å². The minimum atomic E-state index is -0.201. The zero-order valence-corrected chi connectivity index (χ0v) is 20.2. The second-order valence-electron chi connectivity index (χ2n) is 7.90. The summed E-state index contributed by atoms with van der Waals surface area (Å²) in [5.41, 5.74) is 2.35. The van der Waals surface area contributed by atoms with Gasteiger partial charge in [0.25, 0.3) is 0 Å². The Hall–Kier alpha value is -3.67. The molecule has 178 valence electrons. The van der Waals surface area contributed by atoms with Gasteiger partial charge in [0.15, 0.2) is 0 Å². The zero-order valence-electron chi connectivity index (χ0n) is 18.6. The molecular weight excluding hydrogens is 502 g/mol. The third-order valence-corrected chi connectivity index (χ3v) is 5.81. The molecule has 0 radical (unpaired) electrons. The SMILES string of the molecule is CC(=O)N[C@@H]1CCN(C(=O)Nc2cccc(Nc3ncc(Br)c(NCCc4c[nH]cn4)n3)c2)C1. The van der Waals surface area contributed by atoms with Gasteiger partial charge < -0.3 is 31.2 Å². The van der Waals surface area contributed by atoms with Gasteiger partial charge in [0.1, 0.15) is 5.82 Å². The van der Waals surface area contributed by atoms with E-state index in [1.807, 2.05) is 30.5 Å². The van der Waals surface area contributed by atoms with E-state index in [0.717, 1.165) is 28.7 Å². The van der Waals surface area contributed by atoms with E-state index in [9.17, 15) is 9.59 Å². The number of rotatable bonds is 8. The summed E-state index contributed by atoms with van der Waals surface area (Å²) < 4.78 is 0.754. The molecule has 1 atom stereocenters. The quantitative estimate of drug-likeness (QED) is 0.303. The molecule has 0 unspecified atom stereocenters. The van der Waals surface area contributed by atoms with Gasteiger partial charge in [0, 0.05) is 62.8 Å². The molecule has 3 aromatic rings. The van der Waals surface area contributed by atoms with Crippen LogP contribution in [-0.4, -0.2) is 62.5 Å². The second-order valence-corrected chi connectivity index (χ2v) is 8.75. The van der Waals surface area contributed by atoms with Crippen molar-refractivity contribution >= 4 is 51.0 Å². The van der Waals surface area contributed by atoms with E-state index in [1.54, 1.807) is 17.4 Å². The number of carbonyl (C=O) groups is 2. The molecule has 1 aromatic carbocycles. The largest absolute Gasteiger partial charge is 0.369 e. The standard InChI is InChI=1S/C22H26BrN9O2/c1-14(33)28-18-6-8-32(12-18)22(34)30-16-4-2-3-15(9-16)29-21-26-11-19(23)20(31-21)25-7-5-17-10-24-13-27-17/h2-4,9-11,13,18H,5-8,12H2,1H3,(H,24,27)(H,28,33)(H,30,34)(H2,25,26,29,31)/t18-/m1/s1. The van der Waals surface area contributed by atoms with Gasteiger partial charge in [0.05, 0.1) is 16.5 Å². The van der Waals surface area contributed by atoms with Gasteiger partial charge in [-0.15, -0.1) is 0 Å². The number of hydrogen-bond donors (Lipinski definition) is 5. The molecule has 4 rings (SSSR count). The fraction of sp³-hybridized carbons (Fsp3) is 0.318. The van der Waals surface area contributed by atoms with Crippen LogP contribution < -0.4 is 21.3 Å². The van der Waals surface area contributed by atoms with Crippen LogP contribution in [0, 0.1) is 0 Å². The van der Waals surface area contributed by atoms with Crippen LogP contribution in [0.1, 0.15) is 19.0 Å². The average Bonchev–Trinajstić information content (AvgIpc) is 3.48. The summed E-state index contributed by atoms with van der Waals surface area (Å²) in [5, 5.41) is 12.2. The molecule has 5 N–H and O–H groups in total. The third-order valence-electron chi connectivity index (χ3n) is 5.23. The van der Waals surface area contributed by atoms with E-state index >= 15 is 0 Å². The summed E-state index contributed by atoms with van der Waals surface area (Å²) in [5.74, 6) is 1.00. The molecular formula is C22H26BrN9O2. The Morgan fingerprint density at radius 2 is 2.12 bits per heavy atom. The molecule has 1 aliphatic rings. The highest BCUT2D eigenvalue weighted by Crippen LogP contribution is 2.23. The molecule has 2 aromatic heterocycles. The Bertz CT molecular complexity index is 1140. The highest BCUT2D eigenvalue weighted by atomic mass is 79.9. The lowest BCUT2D eigenvalue weighted by Gasteiger charge is -2.18. The van der Waals surface area contributed by atoms with Crippen molar-refractivity contribution in [1.29, 1.82) is 0 Å². The maximum atomic E-state index is 12.6. The molecule has 34 heavy (non-hydrogen) atoms. The Morgan fingerprint density at radius 1 is 1.26 bits per heavy atom. The minimum absolute atomic E-state index is 0.00658. The van der Waals surface area contributed by atoms with Crippen molar-refractivity contribution in [3.8, 4) is 0 Å². The minimum Gasteiger partial charge on any atom is -0.369 e. The molecule has 1 saturated heterocycles. The van der Waals surface area contributed by atoms with E-state index in [2.05, 4.69) is 57.1 Å². The Labute approximate surface area is 205 Å². The van der Waals surface area contributed by atoms with E-state index in [4.69, 9.17) is 0 Å². The number of imidazole rings is 1. The highest BCUT2D eigenvalue weighted by molar-refractivity contribution is 9.10. The molecule has 0 aliphatic carbocycles. The predicted octanol–water partition coefficient (Wildman–Crippen LogP) is 3.10. The van der Waals surface area contributed by atoms with Crippen molar-refractivity contribution in [2.75, 3.05) is 35.6 Å². The summed E-state index contributed by atoms with van der Waals surface area (Å²) >= 11 is 3.47. The molecule has 1 fully saturated rings. The average molecular weight is 528 g/mol. The number of amides is 3. The molecule has 12 heteroatoms. The van der Waals surface area contributed by atoms with Gasteiger partial charge in [-0.3, -0.25) is 4.79 Å². The first-order valence-electron chi connectivity index (χ1n) is 10.9. The second kappa shape index (κ2) is 11.0. The van der Waals surface area contributed by atoms with Crippen LogP contribution >= 0.6 is 15.9 Å². The molecule has 0 spiro atoms. The number of nitrogens with one attached hydrogen (secondary N) is 5. The van der Waals surface area contributed by atoms with E-state index in [1.165, 1.54) is 6.92 Å². The summed E-state index contributed by atoms with van der Waals surface area (Å²) in [6, 6.07) is 7.13. The van der Waals surface area contributed by atoms with E-state index in [-0.39, 0.29) is 18.0 Å². The van der Waals surface area contributed by atoms with Crippen LogP contribution in [0.4, 0.5) is 27.9 Å². The zero-order chi connectivity index (χ0) is 23.9. The predicted molar refractivity (Wildman–Crippen MR) is 133 cm³/mol. The van der Waals surface area contributed by atoms with Crippen molar-refractivity contribution in [3.63, 3.8) is 0 Å². The van der Waals surface area contributed by atoms with Crippen LogP contribution in [0.2, 0.25) is 0 Å². The fourth-order valence-corrected chi connectivity index (χ4v) is 3.98. The van der Waals surface area contributed by atoms with Crippen LogP contribution in [-0.2, 0) is 11.2 Å². The third kappa shape index (κ3) is 6.44. The van der Waals surface area contributed by atoms with Crippen molar-refractivity contribution in [1.82, 2.24) is 30.2 Å². The normalized spacial score (nSPS) is 15.1. The first-order chi connectivity index (χ1) is 16.5. The van der Waals surface area contributed by atoms with Gasteiger partial charge in [-0.05, 0) is 40.5 Å². The number of anilines is 4. The fourth-order valence-electron chi connectivity index (χ4n) is 3.64. The van der Waals surface area contributed by atoms with E-state index < -0.39 is 0 Å². The lowest BCUT2D eigenvalue weighted by molar-refractivity contribution is -0.119.